The third-order valence-corrected chi connectivity index (χ3v) is 4.91. The van der Waals surface area contributed by atoms with Gasteiger partial charge in [-0.15, -0.1) is 0 Å². The molecule has 1 aliphatic rings. The van der Waals surface area contributed by atoms with E-state index in [1.807, 2.05) is 60.4 Å². The van der Waals surface area contributed by atoms with Gasteiger partial charge in [0.15, 0.2) is 6.61 Å². The first-order valence-electron chi connectivity index (χ1n) is 9.61. The van der Waals surface area contributed by atoms with Crippen molar-refractivity contribution in [3.8, 4) is 28.6 Å². The molecule has 28 heavy (non-hydrogen) atoms. The molecule has 0 saturated carbocycles. The molecule has 0 bridgehead atoms. The van der Waals surface area contributed by atoms with Crippen LogP contribution < -0.4 is 4.74 Å². The van der Waals surface area contributed by atoms with Crippen molar-refractivity contribution >= 4 is 5.91 Å². The minimum Gasteiger partial charge on any atom is -0.484 e. The molecule has 4 rings (SSSR count). The first-order valence-corrected chi connectivity index (χ1v) is 9.61. The van der Waals surface area contributed by atoms with Crippen molar-refractivity contribution in [2.45, 2.75) is 26.2 Å². The van der Waals surface area contributed by atoms with Crippen LogP contribution in [0.2, 0.25) is 0 Å². The Bertz CT molecular complexity index is 926. The molecule has 144 valence electrons. The molecule has 0 N–H and O–H groups in total. The molecule has 1 amide bonds. The van der Waals surface area contributed by atoms with Gasteiger partial charge in [-0.2, -0.15) is 4.98 Å². The van der Waals surface area contributed by atoms with Crippen LogP contribution in [0.5, 0.6) is 5.75 Å². The minimum atomic E-state index is 0.0448. The van der Waals surface area contributed by atoms with Crippen LogP contribution in [0.4, 0.5) is 0 Å². The highest BCUT2D eigenvalue weighted by Crippen LogP contribution is 2.24. The zero-order chi connectivity index (χ0) is 19.3. The largest absolute Gasteiger partial charge is 0.484 e. The summed E-state index contributed by atoms with van der Waals surface area (Å²) in [6, 6.07) is 15.3. The van der Waals surface area contributed by atoms with Gasteiger partial charge < -0.3 is 14.2 Å². The molecular formula is C22H23N3O3. The predicted octanol–water partition coefficient (Wildman–Crippen LogP) is 4.10. The van der Waals surface area contributed by atoms with Gasteiger partial charge in [-0.05, 0) is 50.5 Å². The number of hydrogen-bond donors (Lipinski definition) is 0. The average Bonchev–Trinajstić information content (AvgIpc) is 3.24. The molecular weight excluding hydrogens is 354 g/mol. The highest BCUT2D eigenvalue weighted by Gasteiger charge is 2.17. The number of ether oxygens (including phenoxy) is 1. The molecule has 0 atom stereocenters. The van der Waals surface area contributed by atoms with E-state index in [0.717, 1.165) is 37.1 Å². The zero-order valence-electron chi connectivity index (χ0n) is 15.9. The second kappa shape index (κ2) is 8.25. The van der Waals surface area contributed by atoms with Crippen molar-refractivity contribution in [3.63, 3.8) is 0 Å². The lowest BCUT2D eigenvalue weighted by atomic mass is 10.1. The normalized spacial score (nSPS) is 14.1. The van der Waals surface area contributed by atoms with Crippen molar-refractivity contribution in [3.05, 3.63) is 54.1 Å². The summed E-state index contributed by atoms with van der Waals surface area (Å²) in [6.45, 7) is 3.77. The van der Waals surface area contributed by atoms with E-state index < -0.39 is 0 Å². The molecule has 1 saturated heterocycles. The summed E-state index contributed by atoms with van der Waals surface area (Å²) in [5.41, 5.74) is 2.90. The van der Waals surface area contributed by atoms with Gasteiger partial charge in [-0.25, -0.2) is 0 Å². The van der Waals surface area contributed by atoms with Crippen LogP contribution in [0.15, 0.2) is 53.1 Å². The van der Waals surface area contributed by atoms with E-state index in [0.29, 0.717) is 17.5 Å². The Hall–Kier alpha value is -3.15. The van der Waals surface area contributed by atoms with Crippen LogP contribution >= 0.6 is 0 Å². The fourth-order valence-corrected chi connectivity index (χ4v) is 3.23. The topological polar surface area (TPSA) is 68.5 Å². The van der Waals surface area contributed by atoms with Crippen LogP contribution in [0.25, 0.3) is 22.8 Å². The standard InChI is InChI=1S/C22H23N3O3/c1-16-5-7-17(8-6-16)21-23-22(28-24-21)18-9-11-19(12-10-18)27-15-20(26)25-13-3-2-4-14-25/h5-12H,2-4,13-15H2,1H3. The number of aryl methyl sites for hydroxylation is 1. The van der Waals surface area contributed by atoms with Crippen LogP contribution in [0, 0.1) is 6.92 Å². The van der Waals surface area contributed by atoms with Crippen molar-refractivity contribution in [1.29, 1.82) is 0 Å². The van der Waals surface area contributed by atoms with Gasteiger partial charge >= 0.3 is 0 Å². The number of rotatable bonds is 5. The molecule has 6 nitrogen and oxygen atoms in total. The minimum absolute atomic E-state index is 0.0448. The van der Waals surface area contributed by atoms with Crippen LogP contribution in [0.1, 0.15) is 24.8 Å². The Kier molecular flexibility index (Phi) is 5.37. The fourth-order valence-electron chi connectivity index (χ4n) is 3.23. The van der Waals surface area contributed by atoms with E-state index in [9.17, 15) is 4.79 Å². The zero-order valence-corrected chi connectivity index (χ0v) is 15.9. The molecule has 2 aromatic carbocycles. The highest BCUT2D eigenvalue weighted by atomic mass is 16.5. The second-order valence-corrected chi connectivity index (χ2v) is 7.04. The number of hydrogen-bond acceptors (Lipinski definition) is 5. The monoisotopic (exact) mass is 377 g/mol. The van der Waals surface area contributed by atoms with E-state index >= 15 is 0 Å². The maximum atomic E-state index is 12.2. The Morgan fingerprint density at radius 3 is 2.39 bits per heavy atom. The Balaban J connectivity index is 1.38. The van der Waals surface area contributed by atoms with Crippen molar-refractivity contribution in [2.75, 3.05) is 19.7 Å². The van der Waals surface area contributed by atoms with E-state index in [4.69, 9.17) is 9.26 Å². The molecule has 2 heterocycles. The van der Waals surface area contributed by atoms with Crippen LogP contribution in [-0.4, -0.2) is 40.6 Å². The van der Waals surface area contributed by atoms with Gasteiger partial charge in [0.1, 0.15) is 5.75 Å². The summed E-state index contributed by atoms with van der Waals surface area (Å²) in [4.78, 5) is 18.5. The highest BCUT2D eigenvalue weighted by molar-refractivity contribution is 5.77. The summed E-state index contributed by atoms with van der Waals surface area (Å²) in [6.07, 6.45) is 3.36. The second-order valence-electron chi connectivity index (χ2n) is 7.04. The van der Waals surface area contributed by atoms with Gasteiger partial charge in [0.2, 0.25) is 5.82 Å². The third-order valence-electron chi connectivity index (χ3n) is 4.91. The number of piperidine rings is 1. The summed E-state index contributed by atoms with van der Waals surface area (Å²) in [5, 5.41) is 4.06. The lowest BCUT2D eigenvalue weighted by Crippen LogP contribution is -2.38. The van der Waals surface area contributed by atoms with Gasteiger partial charge in [-0.1, -0.05) is 35.0 Å². The Morgan fingerprint density at radius 2 is 1.68 bits per heavy atom. The average molecular weight is 377 g/mol. The summed E-state index contributed by atoms with van der Waals surface area (Å²) >= 11 is 0. The van der Waals surface area contributed by atoms with Gasteiger partial charge in [0, 0.05) is 24.2 Å². The number of carbonyl (C=O) groups excluding carboxylic acids is 1. The summed E-state index contributed by atoms with van der Waals surface area (Å²) in [5.74, 6) is 1.70. The van der Waals surface area contributed by atoms with Crippen LogP contribution in [0.3, 0.4) is 0 Å². The third kappa shape index (κ3) is 4.22. The molecule has 3 aromatic rings. The van der Waals surface area contributed by atoms with E-state index in [2.05, 4.69) is 10.1 Å². The lowest BCUT2D eigenvalue weighted by Gasteiger charge is -2.26. The van der Waals surface area contributed by atoms with Gasteiger partial charge in [0.05, 0.1) is 0 Å². The molecule has 1 aliphatic heterocycles. The van der Waals surface area contributed by atoms with E-state index in [1.54, 1.807) is 0 Å². The maximum Gasteiger partial charge on any atom is 0.260 e. The fraction of sp³-hybridized carbons (Fsp3) is 0.318. The number of nitrogens with zero attached hydrogens (tertiary/aromatic N) is 3. The molecule has 6 heteroatoms. The molecule has 0 radical (unpaired) electrons. The van der Waals surface area contributed by atoms with Crippen LogP contribution in [-0.2, 0) is 4.79 Å². The molecule has 1 aromatic heterocycles. The summed E-state index contributed by atoms with van der Waals surface area (Å²) in [7, 11) is 0. The molecule has 0 spiro atoms. The number of likely N-dealkylation sites (tertiary alicyclic amines) is 1. The van der Waals surface area contributed by atoms with Gasteiger partial charge in [-0.3, -0.25) is 4.79 Å². The lowest BCUT2D eigenvalue weighted by molar-refractivity contribution is -0.134. The predicted molar refractivity (Wildman–Crippen MR) is 106 cm³/mol. The number of benzene rings is 2. The quantitative estimate of drug-likeness (QED) is 0.669. The van der Waals surface area contributed by atoms with Gasteiger partial charge in [0.25, 0.3) is 11.8 Å². The molecule has 0 unspecified atom stereocenters. The van der Waals surface area contributed by atoms with E-state index in [1.165, 1.54) is 12.0 Å². The van der Waals surface area contributed by atoms with Crippen molar-refractivity contribution < 1.29 is 14.1 Å². The van der Waals surface area contributed by atoms with Crippen molar-refractivity contribution in [2.24, 2.45) is 0 Å². The first kappa shape index (κ1) is 18.2. The summed E-state index contributed by atoms with van der Waals surface area (Å²) < 4.78 is 11.0. The molecule has 0 aliphatic carbocycles. The number of amides is 1. The van der Waals surface area contributed by atoms with E-state index in [-0.39, 0.29) is 12.5 Å². The SMILES string of the molecule is Cc1ccc(-c2noc(-c3ccc(OCC(=O)N4CCCCC4)cc3)n2)cc1. The Labute approximate surface area is 164 Å². The first-order chi connectivity index (χ1) is 13.7. The smallest absolute Gasteiger partial charge is 0.260 e. The number of aromatic nitrogens is 2. The van der Waals surface area contributed by atoms with Crippen molar-refractivity contribution in [1.82, 2.24) is 15.0 Å². The maximum absolute atomic E-state index is 12.2. The Morgan fingerprint density at radius 1 is 1.00 bits per heavy atom. The molecule has 1 fully saturated rings. The number of carbonyl (C=O) groups is 1.